The van der Waals surface area contributed by atoms with E-state index in [2.05, 4.69) is 0 Å². The Kier molecular flexibility index (Phi) is 2.68. The highest BCUT2D eigenvalue weighted by Gasteiger charge is 2.19. The highest BCUT2D eigenvalue weighted by Crippen LogP contribution is 2.47. The summed E-state index contributed by atoms with van der Waals surface area (Å²) in [5.41, 5.74) is -8.30. The van der Waals surface area contributed by atoms with E-state index in [0.29, 0.717) is 0 Å². The van der Waals surface area contributed by atoms with Gasteiger partial charge >= 0.3 is 0 Å². The number of hydrogen-bond donors (Lipinski definition) is 0. The molecule has 0 amide bonds. The van der Waals surface area contributed by atoms with E-state index in [1.54, 1.807) is 0 Å². The Bertz CT molecular complexity index is 5040. The second-order valence-electron chi connectivity index (χ2n) is 11.5. The molecule has 0 unspecified atom stereocenters. The summed E-state index contributed by atoms with van der Waals surface area (Å²) in [5, 5.41) is -7.45. The number of rotatable bonds is 4. The van der Waals surface area contributed by atoms with Crippen LogP contribution in [0.25, 0.3) is 110 Å². The first kappa shape index (κ1) is 12.0. The van der Waals surface area contributed by atoms with E-state index in [9.17, 15) is 17.8 Å². The molecule has 10 aromatic carbocycles. The molecular formula is C52H32O. The van der Waals surface area contributed by atoms with Crippen molar-refractivity contribution in [2.24, 2.45) is 0 Å². The summed E-state index contributed by atoms with van der Waals surface area (Å²) in [4.78, 5) is 0. The summed E-state index contributed by atoms with van der Waals surface area (Å²) in [6, 6.07) is -32.2. The molecule has 0 aliphatic carbocycles. The van der Waals surface area contributed by atoms with Gasteiger partial charge in [0, 0.05) is 10.8 Å². The third kappa shape index (κ3) is 4.71. The van der Waals surface area contributed by atoms with Crippen molar-refractivity contribution in [3.63, 3.8) is 0 Å². The van der Waals surface area contributed by atoms with Crippen molar-refractivity contribution in [2.45, 2.75) is 0 Å². The van der Waals surface area contributed by atoms with Crippen LogP contribution in [0.2, 0.25) is 0 Å². The Hall–Kier alpha value is -6.96. The van der Waals surface area contributed by atoms with E-state index < -0.39 is 303 Å². The minimum absolute atomic E-state index is 0.443. The Morgan fingerprint density at radius 1 is 0.283 bits per heavy atom. The van der Waals surface area contributed by atoms with Gasteiger partial charge in [0.25, 0.3) is 0 Å². The highest BCUT2D eigenvalue weighted by atomic mass is 16.3. The minimum atomic E-state index is -1.22. The molecule has 1 nitrogen and oxygen atoms in total. The second-order valence-corrected chi connectivity index (χ2v) is 11.5. The zero-order chi connectivity index (χ0) is 62.7. The number of furan rings is 1. The van der Waals surface area contributed by atoms with Crippen molar-refractivity contribution in [1.82, 2.24) is 0 Å². The molecule has 0 aliphatic rings. The maximum atomic E-state index is 10.3. The maximum Gasteiger partial charge on any atom is 0.135 e. The van der Waals surface area contributed by atoms with Gasteiger partial charge in [0.05, 0.1) is 43.9 Å². The minimum Gasteiger partial charge on any atom is -0.456 e. The first-order valence-electron chi connectivity index (χ1n) is 31.7. The van der Waals surface area contributed by atoms with Crippen molar-refractivity contribution < 1.29 is 48.3 Å². The van der Waals surface area contributed by atoms with Crippen LogP contribution in [0.4, 0.5) is 0 Å². The lowest BCUT2D eigenvalue weighted by Crippen LogP contribution is -1.93. The van der Waals surface area contributed by atoms with Gasteiger partial charge in [-0.2, -0.15) is 0 Å². The van der Waals surface area contributed by atoms with Crippen molar-refractivity contribution >= 4 is 65.0 Å². The second kappa shape index (κ2) is 11.8. The summed E-state index contributed by atoms with van der Waals surface area (Å²) >= 11 is 0. The number of para-hydroxylation sites is 1. The van der Waals surface area contributed by atoms with Crippen LogP contribution in [0.5, 0.6) is 0 Å². The summed E-state index contributed by atoms with van der Waals surface area (Å²) in [6.07, 6.45) is 0. The molecule has 0 spiro atoms. The van der Waals surface area contributed by atoms with Gasteiger partial charge in [0.2, 0.25) is 0 Å². The van der Waals surface area contributed by atoms with Crippen molar-refractivity contribution in [1.29, 1.82) is 0 Å². The molecule has 0 bridgehead atoms. The lowest BCUT2D eigenvalue weighted by molar-refractivity contribution is 0.669. The SMILES string of the molecule is [2H]c1c([2H])c(-c2c3c([2H])c([2H])c([2H])c([2H])c3c(-c3c([2H])c([2H])c([2H])c4c([2H])c([2H])c([2H])c([2H])c34)c3c([2H])c([2H])c(-c4c([2H])c([2H])c([2H])c5c([2H])c([2H])c([2H])c([2H])c45)c([2H])c23)c([2H])c([2H])c1-c1c([2H])c([2H])c2oc3c([2H])c([2H])c([2H])c([2H])c3c2c1[2H]. The Morgan fingerprint density at radius 2 is 0.774 bits per heavy atom. The fourth-order valence-electron chi connectivity index (χ4n) is 6.33. The first-order chi connectivity index (χ1) is 39.6. The van der Waals surface area contributed by atoms with Crippen LogP contribution in [-0.4, -0.2) is 0 Å². The van der Waals surface area contributed by atoms with Crippen LogP contribution in [0.15, 0.2) is 198 Å². The van der Waals surface area contributed by atoms with Crippen molar-refractivity contribution in [2.75, 3.05) is 0 Å². The largest absolute Gasteiger partial charge is 0.456 e. The molecule has 0 saturated carbocycles. The molecule has 1 heterocycles. The molecule has 0 fully saturated rings. The molecule has 0 saturated heterocycles. The monoisotopic (exact) mass is 704 g/mol. The fraction of sp³-hybridized carbons (Fsp3) is 0. The lowest BCUT2D eigenvalue weighted by atomic mass is 9.83. The molecule has 53 heavy (non-hydrogen) atoms. The van der Waals surface area contributed by atoms with Gasteiger partial charge in [-0.3, -0.25) is 0 Å². The van der Waals surface area contributed by atoms with E-state index in [4.69, 9.17) is 30.5 Å². The van der Waals surface area contributed by atoms with E-state index in [1.165, 1.54) is 0 Å². The smallest absolute Gasteiger partial charge is 0.135 e. The van der Waals surface area contributed by atoms with Crippen LogP contribution < -0.4 is 0 Å². The van der Waals surface area contributed by atoms with Gasteiger partial charge in [-0.15, -0.1) is 0 Å². The topological polar surface area (TPSA) is 13.1 Å². The normalized spacial score (nSPS) is 20.2. The zero-order valence-corrected chi connectivity index (χ0v) is 26.4. The van der Waals surface area contributed by atoms with Gasteiger partial charge in [-0.1, -0.05) is 169 Å². The van der Waals surface area contributed by atoms with Crippen molar-refractivity contribution in [3.8, 4) is 44.5 Å². The van der Waals surface area contributed by atoms with Crippen LogP contribution in [0, 0.1) is 0 Å². The molecule has 11 rings (SSSR count). The summed E-state index contributed by atoms with van der Waals surface area (Å²) in [6.45, 7) is 0. The number of hydrogen-bond acceptors (Lipinski definition) is 1. The third-order valence-electron chi connectivity index (χ3n) is 8.64. The predicted molar refractivity (Wildman–Crippen MR) is 225 cm³/mol. The standard InChI is InChI=1S/C52H32O/c1-3-15-39-34(11-1)13-9-20-41(39)38-27-29-46-48(32-38)51(44-18-5-6-19-45(44)52(46)43-21-10-14-35-12-2-4-16-40(35)43)36-25-23-33(24-26-36)37-28-30-50-47(31-37)42-17-7-8-22-49(42)53-50/h1-32H/i1D,2D,3D,4D,5D,6D,7D,8D,9D,10D,11D,12D,13D,14D,15D,16D,17D,18D,19D,20D,21D,22D,23D,24D,25D,26D,27D,28D,29D,30D,31D,32D. The zero-order valence-electron chi connectivity index (χ0n) is 58.4. The van der Waals surface area contributed by atoms with Gasteiger partial charge in [0.1, 0.15) is 11.2 Å². The summed E-state index contributed by atoms with van der Waals surface area (Å²) < 4.78 is 298. The molecule has 246 valence electrons. The third-order valence-corrected chi connectivity index (χ3v) is 8.64. The van der Waals surface area contributed by atoms with Gasteiger partial charge in [-0.05, 0) is 112 Å². The van der Waals surface area contributed by atoms with E-state index in [-0.39, 0.29) is 0 Å². The molecule has 0 N–H and O–H groups in total. The number of benzene rings is 10. The summed E-state index contributed by atoms with van der Waals surface area (Å²) in [7, 11) is 0. The fourth-order valence-corrected chi connectivity index (χ4v) is 6.33. The Balaban J connectivity index is 1.45. The van der Waals surface area contributed by atoms with Gasteiger partial charge in [-0.25, -0.2) is 0 Å². The van der Waals surface area contributed by atoms with Crippen molar-refractivity contribution in [3.05, 3.63) is 193 Å². The van der Waals surface area contributed by atoms with Crippen LogP contribution >= 0.6 is 0 Å². The quantitative estimate of drug-likeness (QED) is 0.166. The van der Waals surface area contributed by atoms with E-state index >= 15 is 0 Å². The Labute approximate surface area is 352 Å². The van der Waals surface area contributed by atoms with Crippen LogP contribution in [0.3, 0.4) is 0 Å². The van der Waals surface area contributed by atoms with Crippen LogP contribution in [0.1, 0.15) is 43.9 Å². The maximum absolute atomic E-state index is 10.3. The van der Waals surface area contributed by atoms with E-state index in [0.717, 1.165) is 0 Å². The Morgan fingerprint density at radius 3 is 1.53 bits per heavy atom. The number of fused-ring (bicyclic) bond motifs is 7. The first-order valence-corrected chi connectivity index (χ1v) is 15.7. The van der Waals surface area contributed by atoms with Crippen LogP contribution in [-0.2, 0) is 0 Å². The van der Waals surface area contributed by atoms with Gasteiger partial charge < -0.3 is 4.42 Å². The average molecular weight is 705 g/mol. The molecule has 0 radical (unpaired) electrons. The molecule has 0 aliphatic heterocycles. The average Bonchev–Trinajstić information content (AvgIpc) is 1.10. The predicted octanol–water partition coefficient (Wildman–Crippen LogP) is 14.9. The molecule has 1 heteroatoms. The molecule has 11 aromatic rings. The summed E-state index contributed by atoms with van der Waals surface area (Å²) in [5.74, 6) is 0. The molecule has 0 atom stereocenters. The molecule has 1 aromatic heterocycles. The highest BCUT2D eigenvalue weighted by molar-refractivity contribution is 6.24. The molecular weight excluding hydrogens is 641 g/mol. The lowest BCUT2D eigenvalue weighted by Gasteiger charge is -2.20. The van der Waals surface area contributed by atoms with Gasteiger partial charge in [0.15, 0.2) is 0 Å². The van der Waals surface area contributed by atoms with E-state index in [1.807, 2.05) is 0 Å².